The molecule has 0 spiro atoms. The van der Waals surface area contributed by atoms with Gasteiger partial charge >= 0.3 is 0 Å². The molecule has 0 atom stereocenters. The molecular weight excluding hydrogens is 252 g/mol. The fourth-order valence-corrected chi connectivity index (χ4v) is 2.08. The van der Waals surface area contributed by atoms with Crippen LogP contribution in [0.2, 0.25) is 0 Å². The molecule has 1 heterocycles. The van der Waals surface area contributed by atoms with Gasteiger partial charge in [0.2, 0.25) is 5.95 Å². The summed E-state index contributed by atoms with van der Waals surface area (Å²) in [7, 11) is 1.66. The maximum Gasteiger partial charge on any atom is 0.201 e. The van der Waals surface area contributed by atoms with Crippen molar-refractivity contribution in [3.8, 4) is 5.75 Å². The first kappa shape index (κ1) is 12.3. The van der Waals surface area contributed by atoms with E-state index in [1.807, 2.05) is 42.5 Å². The number of nitrogens with two attached hydrogens (primary N) is 1. The molecule has 102 valence electrons. The number of hydrogen-bond acceptors (Lipinski definition) is 4. The maximum absolute atomic E-state index is 5.75. The van der Waals surface area contributed by atoms with Crippen LogP contribution < -0.4 is 15.8 Å². The summed E-state index contributed by atoms with van der Waals surface area (Å²) in [5.74, 6) is 1.58. The average Bonchev–Trinajstić information content (AvgIpc) is 2.87. The number of nitrogens with one attached hydrogen (secondary N) is 2. The second-order valence-corrected chi connectivity index (χ2v) is 4.57. The molecule has 2 aromatic carbocycles. The van der Waals surface area contributed by atoms with Gasteiger partial charge in [-0.05, 0) is 35.9 Å². The second kappa shape index (κ2) is 5.13. The molecule has 3 aromatic rings. The summed E-state index contributed by atoms with van der Waals surface area (Å²) in [6, 6.07) is 13.5. The lowest BCUT2D eigenvalue weighted by molar-refractivity contribution is 0.414. The highest BCUT2D eigenvalue weighted by Crippen LogP contribution is 2.18. The summed E-state index contributed by atoms with van der Waals surface area (Å²) in [6.45, 7) is 0.673. The first-order valence-electron chi connectivity index (χ1n) is 6.36. The van der Waals surface area contributed by atoms with Crippen LogP contribution in [0.15, 0.2) is 42.5 Å². The first-order valence-corrected chi connectivity index (χ1v) is 6.36. The average molecular weight is 268 g/mol. The zero-order valence-corrected chi connectivity index (χ0v) is 11.2. The summed E-state index contributed by atoms with van der Waals surface area (Å²) in [5.41, 5.74) is 9.42. The summed E-state index contributed by atoms with van der Waals surface area (Å²) in [6.07, 6.45) is 0. The van der Waals surface area contributed by atoms with E-state index in [-0.39, 0.29) is 0 Å². The van der Waals surface area contributed by atoms with E-state index in [1.165, 1.54) is 0 Å². The van der Waals surface area contributed by atoms with Gasteiger partial charge in [-0.25, -0.2) is 4.98 Å². The van der Waals surface area contributed by atoms with Gasteiger partial charge in [0, 0.05) is 12.2 Å². The maximum atomic E-state index is 5.75. The third kappa shape index (κ3) is 2.51. The van der Waals surface area contributed by atoms with Gasteiger partial charge < -0.3 is 20.8 Å². The van der Waals surface area contributed by atoms with E-state index in [9.17, 15) is 0 Å². The predicted octanol–water partition coefficient (Wildman–Crippen LogP) is 2.77. The zero-order valence-electron chi connectivity index (χ0n) is 11.2. The van der Waals surface area contributed by atoms with Gasteiger partial charge in [-0.3, -0.25) is 0 Å². The number of aromatic nitrogens is 2. The first-order chi connectivity index (χ1) is 9.74. The third-order valence-corrected chi connectivity index (χ3v) is 3.10. The zero-order chi connectivity index (χ0) is 13.9. The molecular formula is C15H16N4O. The Morgan fingerprint density at radius 2 is 2.15 bits per heavy atom. The number of rotatable bonds is 4. The number of anilines is 2. The Bertz CT molecular complexity index is 736. The van der Waals surface area contributed by atoms with Crippen LogP contribution in [0.3, 0.4) is 0 Å². The Hall–Kier alpha value is -2.69. The van der Waals surface area contributed by atoms with E-state index >= 15 is 0 Å². The normalized spacial score (nSPS) is 10.7. The van der Waals surface area contributed by atoms with Crippen LogP contribution in [0, 0.1) is 0 Å². The van der Waals surface area contributed by atoms with Crippen LogP contribution in [-0.2, 0) is 6.54 Å². The number of aromatic amines is 1. The molecule has 0 saturated heterocycles. The van der Waals surface area contributed by atoms with E-state index in [0.717, 1.165) is 34.0 Å². The standard InChI is InChI=1S/C15H16N4O/c1-20-12-4-2-3-10(7-12)9-17-15-18-13-6-5-11(16)8-14(13)19-15/h2-8H,9,16H2,1H3,(H2,17,18,19). The van der Waals surface area contributed by atoms with Gasteiger partial charge in [0.25, 0.3) is 0 Å². The predicted molar refractivity (Wildman–Crippen MR) is 80.8 cm³/mol. The van der Waals surface area contributed by atoms with E-state index < -0.39 is 0 Å². The molecule has 5 nitrogen and oxygen atoms in total. The molecule has 0 fully saturated rings. The highest BCUT2D eigenvalue weighted by atomic mass is 16.5. The molecule has 0 aliphatic carbocycles. The Balaban J connectivity index is 1.76. The van der Waals surface area contributed by atoms with Crippen molar-refractivity contribution < 1.29 is 4.74 Å². The molecule has 0 amide bonds. The summed E-state index contributed by atoms with van der Waals surface area (Å²) in [4.78, 5) is 7.66. The number of methoxy groups -OCH3 is 1. The van der Waals surface area contributed by atoms with Crippen molar-refractivity contribution in [2.24, 2.45) is 0 Å². The largest absolute Gasteiger partial charge is 0.497 e. The molecule has 0 aliphatic heterocycles. The molecule has 0 unspecified atom stereocenters. The minimum Gasteiger partial charge on any atom is -0.497 e. The fraction of sp³-hybridized carbons (Fsp3) is 0.133. The van der Waals surface area contributed by atoms with E-state index in [4.69, 9.17) is 10.5 Å². The Kier molecular flexibility index (Phi) is 3.16. The van der Waals surface area contributed by atoms with Crippen molar-refractivity contribution in [1.82, 2.24) is 9.97 Å². The number of hydrogen-bond donors (Lipinski definition) is 3. The Labute approximate surface area is 116 Å². The van der Waals surface area contributed by atoms with Crippen molar-refractivity contribution in [3.63, 3.8) is 0 Å². The number of nitrogen functional groups attached to an aromatic ring is 1. The Morgan fingerprint density at radius 1 is 1.25 bits per heavy atom. The minimum absolute atomic E-state index is 0.673. The van der Waals surface area contributed by atoms with Crippen molar-refractivity contribution >= 4 is 22.7 Å². The lowest BCUT2D eigenvalue weighted by Gasteiger charge is -2.05. The highest BCUT2D eigenvalue weighted by molar-refractivity contribution is 5.80. The topological polar surface area (TPSA) is 76.0 Å². The van der Waals surface area contributed by atoms with Crippen LogP contribution in [0.5, 0.6) is 5.75 Å². The molecule has 0 saturated carbocycles. The number of nitrogens with zero attached hydrogens (tertiary/aromatic N) is 1. The SMILES string of the molecule is COc1cccc(CNc2nc3ccc(N)cc3[nH]2)c1. The third-order valence-electron chi connectivity index (χ3n) is 3.10. The summed E-state index contributed by atoms with van der Waals surface area (Å²) in [5, 5.41) is 3.26. The number of imidazole rings is 1. The van der Waals surface area contributed by atoms with E-state index in [2.05, 4.69) is 15.3 Å². The quantitative estimate of drug-likeness (QED) is 0.636. The van der Waals surface area contributed by atoms with Crippen LogP contribution >= 0.6 is 0 Å². The van der Waals surface area contributed by atoms with Crippen molar-refractivity contribution in [3.05, 3.63) is 48.0 Å². The van der Waals surface area contributed by atoms with Gasteiger partial charge in [-0.1, -0.05) is 12.1 Å². The van der Waals surface area contributed by atoms with E-state index in [0.29, 0.717) is 6.54 Å². The fourth-order valence-electron chi connectivity index (χ4n) is 2.08. The summed E-state index contributed by atoms with van der Waals surface area (Å²) < 4.78 is 5.20. The lowest BCUT2D eigenvalue weighted by atomic mass is 10.2. The molecule has 4 N–H and O–H groups in total. The molecule has 0 radical (unpaired) electrons. The molecule has 20 heavy (non-hydrogen) atoms. The molecule has 1 aromatic heterocycles. The van der Waals surface area contributed by atoms with Gasteiger partial charge in [0.1, 0.15) is 5.75 Å². The smallest absolute Gasteiger partial charge is 0.201 e. The number of fused-ring (bicyclic) bond motifs is 1. The molecule has 3 rings (SSSR count). The number of ether oxygens (including phenoxy) is 1. The van der Waals surface area contributed by atoms with Crippen LogP contribution in [0.1, 0.15) is 5.56 Å². The van der Waals surface area contributed by atoms with Crippen LogP contribution in [-0.4, -0.2) is 17.1 Å². The number of H-pyrrole nitrogens is 1. The second-order valence-electron chi connectivity index (χ2n) is 4.57. The molecule has 5 heteroatoms. The van der Waals surface area contributed by atoms with E-state index in [1.54, 1.807) is 7.11 Å². The van der Waals surface area contributed by atoms with Crippen LogP contribution in [0.25, 0.3) is 11.0 Å². The Morgan fingerprint density at radius 3 is 3.00 bits per heavy atom. The molecule has 0 bridgehead atoms. The van der Waals surface area contributed by atoms with Gasteiger partial charge in [0.05, 0.1) is 18.1 Å². The van der Waals surface area contributed by atoms with Crippen molar-refractivity contribution in [2.75, 3.05) is 18.2 Å². The van der Waals surface area contributed by atoms with Gasteiger partial charge in [-0.15, -0.1) is 0 Å². The number of benzene rings is 2. The van der Waals surface area contributed by atoms with Gasteiger partial charge in [0.15, 0.2) is 0 Å². The molecule has 0 aliphatic rings. The summed E-state index contributed by atoms with van der Waals surface area (Å²) >= 11 is 0. The van der Waals surface area contributed by atoms with Crippen molar-refractivity contribution in [2.45, 2.75) is 6.54 Å². The van der Waals surface area contributed by atoms with Crippen LogP contribution in [0.4, 0.5) is 11.6 Å². The highest BCUT2D eigenvalue weighted by Gasteiger charge is 2.03. The van der Waals surface area contributed by atoms with Gasteiger partial charge in [-0.2, -0.15) is 0 Å². The minimum atomic E-state index is 0.673. The monoisotopic (exact) mass is 268 g/mol. The lowest BCUT2D eigenvalue weighted by Crippen LogP contribution is -2.00. The van der Waals surface area contributed by atoms with Crippen molar-refractivity contribution in [1.29, 1.82) is 0 Å².